The summed E-state index contributed by atoms with van der Waals surface area (Å²) in [6.45, 7) is 7.47. The van der Waals surface area contributed by atoms with E-state index in [4.69, 9.17) is 4.84 Å². The summed E-state index contributed by atoms with van der Waals surface area (Å²) in [4.78, 5) is 16.6. The SMILES string of the molecule is C=C(CCC)C(=O)ON1CCCCC1. The van der Waals surface area contributed by atoms with Crippen LogP contribution >= 0.6 is 0 Å². The third-order valence-corrected chi connectivity index (χ3v) is 2.37. The van der Waals surface area contributed by atoms with Gasteiger partial charge in [-0.05, 0) is 19.3 Å². The van der Waals surface area contributed by atoms with Crippen molar-refractivity contribution in [1.82, 2.24) is 5.06 Å². The lowest BCUT2D eigenvalue weighted by Crippen LogP contribution is -2.32. The molecule has 0 unspecified atom stereocenters. The molecule has 1 rings (SSSR count). The third kappa shape index (κ3) is 3.50. The van der Waals surface area contributed by atoms with Crippen LogP contribution < -0.4 is 0 Å². The Morgan fingerprint density at radius 2 is 2.00 bits per heavy atom. The molecular formula is C11H19NO2. The van der Waals surface area contributed by atoms with Gasteiger partial charge in [0.25, 0.3) is 0 Å². The normalized spacial score (nSPS) is 17.8. The largest absolute Gasteiger partial charge is 0.364 e. The molecule has 0 amide bonds. The summed E-state index contributed by atoms with van der Waals surface area (Å²) in [5.41, 5.74) is 0.582. The number of rotatable bonds is 4. The van der Waals surface area contributed by atoms with Crippen LogP contribution in [0.2, 0.25) is 0 Å². The van der Waals surface area contributed by atoms with Crippen molar-refractivity contribution in [2.45, 2.75) is 39.0 Å². The maximum absolute atomic E-state index is 11.4. The van der Waals surface area contributed by atoms with E-state index in [-0.39, 0.29) is 5.97 Å². The lowest BCUT2D eigenvalue weighted by Gasteiger charge is -2.25. The van der Waals surface area contributed by atoms with Crippen molar-refractivity contribution in [3.05, 3.63) is 12.2 Å². The zero-order chi connectivity index (χ0) is 10.4. The second-order valence-corrected chi connectivity index (χ2v) is 3.72. The van der Waals surface area contributed by atoms with E-state index < -0.39 is 0 Å². The van der Waals surface area contributed by atoms with E-state index in [1.807, 2.05) is 6.92 Å². The Labute approximate surface area is 85.7 Å². The fraction of sp³-hybridized carbons (Fsp3) is 0.727. The van der Waals surface area contributed by atoms with Crippen LogP contribution in [0.1, 0.15) is 39.0 Å². The summed E-state index contributed by atoms with van der Waals surface area (Å²) in [6, 6.07) is 0. The third-order valence-electron chi connectivity index (χ3n) is 2.37. The average Bonchev–Trinajstić information content (AvgIpc) is 2.19. The quantitative estimate of drug-likeness (QED) is 0.647. The summed E-state index contributed by atoms with van der Waals surface area (Å²) in [6.07, 6.45) is 5.14. The van der Waals surface area contributed by atoms with Crippen LogP contribution in [0.15, 0.2) is 12.2 Å². The van der Waals surface area contributed by atoms with Crippen LogP contribution in [-0.2, 0) is 9.63 Å². The Kier molecular flexibility index (Phi) is 4.66. The Morgan fingerprint density at radius 3 is 2.57 bits per heavy atom. The number of carbonyl (C=O) groups is 1. The standard InChI is InChI=1S/C11H19NO2/c1-3-7-10(2)11(13)14-12-8-5-4-6-9-12/h2-9H2,1H3. The van der Waals surface area contributed by atoms with Crippen LogP contribution in [-0.4, -0.2) is 24.1 Å². The molecule has 0 aromatic carbocycles. The average molecular weight is 197 g/mol. The summed E-state index contributed by atoms with van der Waals surface area (Å²) in [5.74, 6) is -0.256. The van der Waals surface area contributed by atoms with Crippen molar-refractivity contribution in [3.8, 4) is 0 Å². The van der Waals surface area contributed by atoms with Gasteiger partial charge in [0.15, 0.2) is 0 Å². The molecule has 1 fully saturated rings. The van der Waals surface area contributed by atoms with Crippen molar-refractivity contribution < 1.29 is 9.63 Å². The van der Waals surface area contributed by atoms with Gasteiger partial charge in [0.05, 0.1) is 0 Å². The molecule has 1 aliphatic heterocycles. The fourth-order valence-electron chi connectivity index (χ4n) is 1.54. The lowest BCUT2D eigenvalue weighted by atomic mass is 10.2. The molecule has 0 atom stereocenters. The first-order valence-electron chi connectivity index (χ1n) is 5.39. The topological polar surface area (TPSA) is 29.5 Å². The minimum Gasteiger partial charge on any atom is -0.364 e. The zero-order valence-corrected chi connectivity index (χ0v) is 8.92. The van der Waals surface area contributed by atoms with Crippen molar-refractivity contribution in [2.75, 3.05) is 13.1 Å². The van der Waals surface area contributed by atoms with Crippen LogP contribution in [0, 0.1) is 0 Å². The molecule has 80 valence electrons. The summed E-state index contributed by atoms with van der Waals surface area (Å²) in [5, 5.41) is 1.76. The van der Waals surface area contributed by atoms with E-state index in [2.05, 4.69) is 6.58 Å². The maximum atomic E-state index is 11.4. The summed E-state index contributed by atoms with van der Waals surface area (Å²) >= 11 is 0. The van der Waals surface area contributed by atoms with Crippen molar-refractivity contribution >= 4 is 5.97 Å². The van der Waals surface area contributed by atoms with Crippen molar-refractivity contribution in [2.24, 2.45) is 0 Å². The minimum atomic E-state index is -0.256. The predicted molar refractivity (Wildman–Crippen MR) is 55.6 cm³/mol. The maximum Gasteiger partial charge on any atom is 0.352 e. The number of hydrogen-bond donors (Lipinski definition) is 0. The van der Waals surface area contributed by atoms with Crippen LogP contribution in [0.3, 0.4) is 0 Å². The first-order chi connectivity index (χ1) is 6.74. The van der Waals surface area contributed by atoms with Gasteiger partial charge in [0.2, 0.25) is 0 Å². The molecule has 0 bridgehead atoms. The molecule has 0 aliphatic carbocycles. The van der Waals surface area contributed by atoms with E-state index in [1.54, 1.807) is 5.06 Å². The van der Waals surface area contributed by atoms with Gasteiger partial charge < -0.3 is 4.84 Å². The molecule has 3 heteroatoms. The van der Waals surface area contributed by atoms with Gasteiger partial charge in [-0.3, -0.25) is 0 Å². The Hall–Kier alpha value is -0.830. The fourth-order valence-corrected chi connectivity index (χ4v) is 1.54. The Balaban J connectivity index is 2.28. The lowest BCUT2D eigenvalue weighted by molar-refractivity contribution is -0.189. The number of nitrogens with zero attached hydrogens (tertiary/aromatic N) is 1. The van der Waals surface area contributed by atoms with Gasteiger partial charge in [-0.25, -0.2) is 4.79 Å². The number of hydrogen-bond acceptors (Lipinski definition) is 3. The number of carbonyl (C=O) groups excluding carboxylic acids is 1. The van der Waals surface area contributed by atoms with Crippen molar-refractivity contribution in [3.63, 3.8) is 0 Å². The molecule has 0 spiro atoms. The summed E-state index contributed by atoms with van der Waals surface area (Å²) in [7, 11) is 0. The van der Waals surface area contributed by atoms with E-state index >= 15 is 0 Å². The molecule has 0 radical (unpaired) electrons. The zero-order valence-electron chi connectivity index (χ0n) is 8.92. The van der Waals surface area contributed by atoms with Gasteiger partial charge in [-0.1, -0.05) is 26.3 Å². The highest BCUT2D eigenvalue weighted by atomic mass is 16.7. The van der Waals surface area contributed by atoms with Crippen LogP contribution in [0.25, 0.3) is 0 Å². The smallest absolute Gasteiger partial charge is 0.352 e. The molecule has 0 aromatic heterocycles. The first-order valence-corrected chi connectivity index (χ1v) is 5.39. The highest BCUT2D eigenvalue weighted by Gasteiger charge is 2.16. The van der Waals surface area contributed by atoms with Gasteiger partial charge >= 0.3 is 5.97 Å². The number of piperidine rings is 1. The number of hydroxylamine groups is 2. The highest BCUT2D eigenvalue weighted by Crippen LogP contribution is 2.11. The van der Waals surface area contributed by atoms with E-state index in [9.17, 15) is 4.79 Å². The van der Waals surface area contributed by atoms with Gasteiger partial charge in [-0.15, -0.1) is 5.06 Å². The van der Waals surface area contributed by atoms with Crippen LogP contribution in [0.4, 0.5) is 0 Å². The predicted octanol–water partition coefficient (Wildman–Crippen LogP) is 2.29. The van der Waals surface area contributed by atoms with Gasteiger partial charge in [0, 0.05) is 18.7 Å². The first kappa shape index (κ1) is 11.2. The monoisotopic (exact) mass is 197 g/mol. The molecule has 0 aromatic rings. The van der Waals surface area contributed by atoms with Gasteiger partial charge in [-0.2, -0.15) is 0 Å². The van der Waals surface area contributed by atoms with E-state index in [1.165, 1.54) is 6.42 Å². The van der Waals surface area contributed by atoms with Crippen molar-refractivity contribution in [1.29, 1.82) is 0 Å². The second kappa shape index (κ2) is 5.81. The van der Waals surface area contributed by atoms with Crippen LogP contribution in [0.5, 0.6) is 0 Å². The molecule has 14 heavy (non-hydrogen) atoms. The molecule has 3 nitrogen and oxygen atoms in total. The molecule has 1 aliphatic rings. The molecule has 1 heterocycles. The van der Waals surface area contributed by atoms with E-state index in [0.29, 0.717) is 5.57 Å². The van der Waals surface area contributed by atoms with Gasteiger partial charge in [0.1, 0.15) is 0 Å². The molecule has 0 N–H and O–H groups in total. The Bertz CT molecular complexity index is 207. The molecule has 1 saturated heterocycles. The summed E-state index contributed by atoms with van der Waals surface area (Å²) < 4.78 is 0. The Morgan fingerprint density at radius 1 is 1.36 bits per heavy atom. The minimum absolute atomic E-state index is 0.256. The molecular weight excluding hydrogens is 178 g/mol. The van der Waals surface area contributed by atoms with E-state index in [0.717, 1.165) is 38.8 Å². The molecule has 0 saturated carbocycles. The highest BCUT2D eigenvalue weighted by molar-refractivity contribution is 5.87. The second-order valence-electron chi connectivity index (χ2n) is 3.72.